The van der Waals surface area contributed by atoms with Crippen LogP contribution in [0.3, 0.4) is 0 Å². The predicted octanol–water partition coefficient (Wildman–Crippen LogP) is 3.31. The fourth-order valence-corrected chi connectivity index (χ4v) is 2.44. The highest BCUT2D eigenvalue weighted by atomic mass is 79.9. The fourth-order valence-electron chi connectivity index (χ4n) is 2.06. The van der Waals surface area contributed by atoms with E-state index in [0.717, 1.165) is 10.5 Å². The van der Waals surface area contributed by atoms with Crippen molar-refractivity contribution in [2.45, 2.75) is 0 Å². The van der Waals surface area contributed by atoms with Gasteiger partial charge < -0.3 is 15.0 Å². The Kier molecular flexibility index (Phi) is 5.92. The maximum Gasteiger partial charge on any atom is 0.254 e. The van der Waals surface area contributed by atoms with Gasteiger partial charge >= 0.3 is 0 Å². The van der Waals surface area contributed by atoms with E-state index in [9.17, 15) is 14.0 Å². The van der Waals surface area contributed by atoms with Gasteiger partial charge in [0.2, 0.25) is 5.91 Å². The molecule has 0 radical (unpaired) electrons. The minimum absolute atomic E-state index is 0.0564. The van der Waals surface area contributed by atoms with Gasteiger partial charge in [0.05, 0.1) is 19.3 Å². The van der Waals surface area contributed by atoms with Crippen LogP contribution in [-0.2, 0) is 4.79 Å². The van der Waals surface area contributed by atoms with E-state index in [0.29, 0.717) is 5.69 Å². The Morgan fingerprint density at radius 3 is 2.58 bits per heavy atom. The van der Waals surface area contributed by atoms with E-state index in [4.69, 9.17) is 4.74 Å². The fraction of sp³-hybridized carbons (Fsp3) is 0.176. The van der Waals surface area contributed by atoms with Crippen molar-refractivity contribution in [1.29, 1.82) is 0 Å². The minimum atomic E-state index is -0.630. The quantitative estimate of drug-likeness (QED) is 0.845. The smallest absolute Gasteiger partial charge is 0.254 e. The van der Waals surface area contributed by atoms with E-state index < -0.39 is 11.7 Å². The number of ether oxygens (including phenoxy) is 1. The number of rotatable bonds is 5. The van der Waals surface area contributed by atoms with Crippen LogP contribution in [-0.4, -0.2) is 37.4 Å². The van der Waals surface area contributed by atoms with Crippen LogP contribution in [0.15, 0.2) is 46.9 Å². The summed E-state index contributed by atoms with van der Waals surface area (Å²) in [4.78, 5) is 25.6. The van der Waals surface area contributed by atoms with Gasteiger partial charge in [-0.05, 0) is 46.3 Å². The number of carbonyl (C=O) groups excluding carboxylic acids is 2. The van der Waals surface area contributed by atoms with Gasteiger partial charge in [0.25, 0.3) is 5.91 Å². The second-order valence-electron chi connectivity index (χ2n) is 5.04. The van der Waals surface area contributed by atoms with Crippen LogP contribution in [0.4, 0.5) is 10.1 Å². The van der Waals surface area contributed by atoms with E-state index in [1.54, 1.807) is 18.2 Å². The highest BCUT2D eigenvalue weighted by molar-refractivity contribution is 9.10. The van der Waals surface area contributed by atoms with E-state index in [1.807, 2.05) is 6.07 Å². The van der Waals surface area contributed by atoms with Crippen LogP contribution < -0.4 is 10.1 Å². The molecule has 1 N–H and O–H groups in total. The molecular formula is C17H16BrFN2O3. The summed E-state index contributed by atoms with van der Waals surface area (Å²) in [6.45, 7) is -0.159. The summed E-state index contributed by atoms with van der Waals surface area (Å²) in [7, 11) is 2.82. The number of methoxy groups -OCH3 is 1. The van der Waals surface area contributed by atoms with Crippen LogP contribution in [0, 0.1) is 5.82 Å². The van der Waals surface area contributed by atoms with Crippen molar-refractivity contribution in [3.05, 3.63) is 58.3 Å². The zero-order valence-electron chi connectivity index (χ0n) is 13.2. The number of carbonyl (C=O) groups is 2. The molecule has 5 nitrogen and oxygen atoms in total. The molecule has 0 aliphatic carbocycles. The van der Waals surface area contributed by atoms with E-state index in [1.165, 1.54) is 31.2 Å². The molecule has 126 valence electrons. The third-order valence-electron chi connectivity index (χ3n) is 3.27. The second-order valence-corrected chi connectivity index (χ2v) is 5.89. The van der Waals surface area contributed by atoms with Gasteiger partial charge in [0, 0.05) is 17.1 Å². The Morgan fingerprint density at radius 2 is 1.96 bits per heavy atom. The summed E-state index contributed by atoms with van der Waals surface area (Å²) in [5.41, 5.74) is 0.753. The highest BCUT2D eigenvalue weighted by Gasteiger charge is 2.17. The maximum absolute atomic E-state index is 13.7. The normalized spacial score (nSPS) is 10.2. The summed E-state index contributed by atoms with van der Waals surface area (Å²) >= 11 is 3.33. The molecular weight excluding hydrogens is 379 g/mol. The molecule has 2 rings (SSSR count). The standard InChI is InChI=1S/C17H16BrFN2O3/c1-21(10-16(22)20-14-6-4-3-5-12(14)18)17(23)11-7-8-15(24-2)13(19)9-11/h3-9H,10H2,1-2H3,(H,20,22). The Labute approximate surface area is 147 Å². The van der Waals surface area contributed by atoms with Gasteiger partial charge in [0.15, 0.2) is 11.6 Å². The van der Waals surface area contributed by atoms with Gasteiger partial charge in [0.1, 0.15) is 0 Å². The molecule has 7 heteroatoms. The number of hydrogen-bond donors (Lipinski definition) is 1. The van der Waals surface area contributed by atoms with Gasteiger partial charge in [-0.3, -0.25) is 9.59 Å². The summed E-state index contributed by atoms with van der Waals surface area (Å²) in [5.74, 6) is -1.39. The zero-order valence-corrected chi connectivity index (χ0v) is 14.8. The highest BCUT2D eigenvalue weighted by Crippen LogP contribution is 2.21. The van der Waals surface area contributed by atoms with Crippen LogP contribution in [0.5, 0.6) is 5.75 Å². The van der Waals surface area contributed by atoms with Crippen molar-refractivity contribution in [1.82, 2.24) is 4.90 Å². The molecule has 2 amide bonds. The summed E-state index contributed by atoms with van der Waals surface area (Å²) in [5, 5.41) is 2.70. The monoisotopic (exact) mass is 394 g/mol. The minimum Gasteiger partial charge on any atom is -0.494 e. The molecule has 2 aromatic rings. The molecule has 0 saturated carbocycles. The van der Waals surface area contributed by atoms with Crippen molar-refractivity contribution >= 4 is 33.4 Å². The lowest BCUT2D eigenvalue weighted by Crippen LogP contribution is -2.35. The topological polar surface area (TPSA) is 58.6 Å². The molecule has 0 unspecified atom stereocenters. The Bertz CT molecular complexity index is 767. The van der Waals surface area contributed by atoms with Crippen molar-refractivity contribution in [3.63, 3.8) is 0 Å². The second kappa shape index (κ2) is 7.92. The summed E-state index contributed by atoms with van der Waals surface area (Å²) in [6.07, 6.45) is 0. The van der Waals surface area contributed by atoms with Crippen LogP contribution in [0.1, 0.15) is 10.4 Å². The molecule has 0 aliphatic rings. The number of amides is 2. The van der Waals surface area contributed by atoms with Crippen molar-refractivity contribution < 1.29 is 18.7 Å². The number of hydrogen-bond acceptors (Lipinski definition) is 3. The number of halogens is 2. The number of nitrogens with zero attached hydrogens (tertiary/aromatic N) is 1. The maximum atomic E-state index is 13.7. The first-order valence-electron chi connectivity index (χ1n) is 7.05. The average molecular weight is 395 g/mol. The number of benzene rings is 2. The first-order chi connectivity index (χ1) is 11.4. The molecule has 0 saturated heterocycles. The van der Waals surface area contributed by atoms with E-state index in [-0.39, 0.29) is 23.8 Å². The van der Waals surface area contributed by atoms with E-state index >= 15 is 0 Å². The number of para-hydroxylation sites is 1. The molecule has 0 heterocycles. The molecule has 0 fully saturated rings. The van der Waals surface area contributed by atoms with Crippen molar-refractivity contribution in [3.8, 4) is 5.75 Å². The number of anilines is 1. The first-order valence-corrected chi connectivity index (χ1v) is 7.85. The molecule has 0 aliphatic heterocycles. The van der Waals surface area contributed by atoms with E-state index in [2.05, 4.69) is 21.2 Å². The molecule has 0 bridgehead atoms. The lowest BCUT2D eigenvalue weighted by molar-refractivity contribution is -0.116. The lowest BCUT2D eigenvalue weighted by atomic mass is 10.2. The SMILES string of the molecule is COc1ccc(C(=O)N(C)CC(=O)Nc2ccccc2Br)cc1F. The van der Waals surface area contributed by atoms with Crippen LogP contribution in [0.2, 0.25) is 0 Å². The van der Waals surface area contributed by atoms with Crippen molar-refractivity contribution in [2.24, 2.45) is 0 Å². The Morgan fingerprint density at radius 1 is 1.25 bits per heavy atom. The molecule has 24 heavy (non-hydrogen) atoms. The molecule has 2 aromatic carbocycles. The third-order valence-corrected chi connectivity index (χ3v) is 3.97. The van der Waals surface area contributed by atoms with Gasteiger partial charge in [-0.25, -0.2) is 4.39 Å². The lowest BCUT2D eigenvalue weighted by Gasteiger charge is -2.17. The molecule has 0 atom stereocenters. The summed E-state index contributed by atoms with van der Waals surface area (Å²) < 4.78 is 19.2. The molecule has 0 aromatic heterocycles. The first kappa shape index (κ1) is 17.9. The number of nitrogens with one attached hydrogen (secondary N) is 1. The number of likely N-dealkylation sites (N-methyl/N-ethyl adjacent to an activating group) is 1. The van der Waals surface area contributed by atoms with Gasteiger partial charge in [-0.1, -0.05) is 12.1 Å². The summed E-state index contributed by atoms with van der Waals surface area (Å²) in [6, 6.07) is 11.1. The Hall–Kier alpha value is -2.41. The Balaban J connectivity index is 2.02. The predicted molar refractivity (Wildman–Crippen MR) is 92.7 cm³/mol. The largest absolute Gasteiger partial charge is 0.494 e. The molecule has 0 spiro atoms. The van der Waals surface area contributed by atoms with Gasteiger partial charge in [-0.2, -0.15) is 0 Å². The van der Waals surface area contributed by atoms with Gasteiger partial charge in [-0.15, -0.1) is 0 Å². The van der Waals surface area contributed by atoms with Crippen LogP contribution in [0.25, 0.3) is 0 Å². The van der Waals surface area contributed by atoms with Crippen LogP contribution >= 0.6 is 15.9 Å². The van der Waals surface area contributed by atoms with Crippen molar-refractivity contribution in [2.75, 3.05) is 26.0 Å². The third kappa shape index (κ3) is 4.32. The average Bonchev–Trinajstić information content (AvgIpc) is 2.56. The zero-order chi connectivity index (χ0) is 17.7.